The van der Waals surface area contributed by atoms with Crippen LogP contribution in [0.3, 0.4) is 0 Å². The number of nitrogens with one attached hydrogen (secondary N) is 1. The van der Waals surface area contributed by atoms with Gasteiger partial charge in [-0.25, -0.2) is 0 Å². The highest BCUT2D eigenvalue weighted by molar-refractivity contribution is 7.09. The molecule has 0 aliphatic heterocycles. The minimum Gasteiger partial charge on any atom is -0.497 e. The monoisotopic (exact) mass is 555 g/mol. The third kappa shape index (κ3) is 6.82. The fourth-order valence-electron chi connectivity index (χ4n) is 3.66. The molecular formula is C26H29N5O7S. The molecule has 0 unspecified atom stereocenters. The van der Waals surface area contributed by atoms with Gasteiger partial charge in [0.25, 0.3) is 11.8 Å². The van der Waals surface area contributed by atoms with Crippen molar-refractivity contribution in [2.45, 2.75) is 19.9 Å². The van der Waals surface area contributed by atoms with Crippen LogP contribution in [0.1, 0.15) is 45.6 Å². The molecule has 0 bridgehead atoms. The molecule has 0 aliphatic carbocycles. The van der Waals surface area contributed by atoms with Gasteiger partial charge in [-0.05, 0) is 67.3 Å². The fraction of sp³-hybridized carbons (Fsp3) is 0.269. The van der Waals surface area contributed by atoms with Crippen LogP contribution in [0.2, 0.25) is 0 Å². The van der Waals surface area contributed by atoms with Crippen molar-refractivity contribution in [1.82, 2.24) is 9.69 Å². The van der Waals surface area contributed by atoms with Crippen LogP contribution >= 0.6 is 11.5 Å². The number of amides is 3. The minimum atomic E-state index is -1.28. The van der Waals surface area contributed by atoms with E-state index in [1.807, 2.05) is 6.92 Å². The number of benzene rings is 2. The second-order valence-electron chi connectivity index (χ2n) is 7.94. The highest BCUT2D eigenvalue weighted by atomic mass is 32.1. The van der Waals surface area contributed by atoms with Gasteiger partial charge in [0.2, 0.25) is 5.91 Å². The minimum absolute atomic E-state index is 0.0891. The number of anilines is 2. The fourth-order valence-corrected chi connectivity index (χ4v) is 4.41. The lowest BCUT2D eigenvalue weighted by Crippen LogP contribution is -2.45. The van der Waals surface area contributed by atoms with Gasteiger partial charge in [-0.3, -0.25) is 24.1 Å². The third-order valence-corrected chi connectivity index (χ3v) is 6.30. The van der Waals surface area contributed by atoms with E-state index in [2.05, 4.69) is 9.69 Å². The van der Waals surface area contributed by atoms with Crippen molar-refractivity contribution in [2.24, 2.45) is 5.73 Å². The Morgan fingerprint density at radius 3 is 2.18 bits per heavy atom. The quantitative estimate of drug-likeness (QED) is 0.283. The highest BCUT2D eigenvalue weighted by Gasteiger charge is 2.36. The molecule has 3 rings (SSSR count). The zero-order valence-corrected chi connectivity index (χ0v) is 22.4. The number of carbonyl (C=O) groups is 4. The van der Waals surface area contributed by atoms with E-state index in [1.165, 1.54) is 12.0 Å². The first kappa shape index (κ1) is 28.9. The molecule has 1 atom stereocenters. The molecule has 3 amide bonds. The van der Waals surface area contributed by atoms with Gasteiger partial charge in [0, 0.05) is 5.69 Å². The summed E-state index contributed by atoms with van der Waals surface area (Å²) in [6.07, 6.45) is 0. The molecule has 0 saturated carbocycles. The standard InChI is InChI=1S/C26H29N5O7S/c1-4-37-18-10-6-15(7-11-18)22(25(34)29-14-19(32)38-5-2)31(16-8-12-17(36-3)13-9-16)26(35)23-20(27)21(24(28)33)30-39-23/h6-13,22H,4-5,14,27H2,1-3H3,(H2,28,33)(H,29,34)/t22-/m0/s1. The summed E-state index contributed by atoms with van der Waals surface area (Å²) in [5.41, 5.74) is 11.7. The number of nitrogen functional groups attached to an aromatic ring is 1. The van der Waals surface area contributed by atoms with Crippen LogP contribution in [0.15, 0.2) is 48.5 Å². The van der Waals surface area contributed by atoms with E-state index >= 15 is 0 Å². The summed E-state index contributed by atoms with van der Waals surface area (Å²) in [6, 6.07) is 11.7. The first-order valence-electron chi connectivity index (χ1n) is 11.9. The van der Waals surface area contributed by atoms with Crippen LogP contribution in [0, 0.1) is 0 Å². The van der Waals surface area contributed by atoms with E-state index in [-0.39, 0.29) is 22.9 Å². The van der Waals surface area contributed by atoms with Gasteiger partial charge in [0.15, 0.2) is 5.69 Å². The zero-order chi connectivity index (χ0) is 28.5. The molecule has 1 aromatic heterocycles. The molecule has 0 spiro atoms. The zero-order valence-electron chi connectivity index (χ0n) is 21.6. The molecule has 0 fully saturated rings. The average Bonchev–Trinajstić information content (AvgIpc) is 3.32. The van der Waals surface area contributed by atoms with Gasteiger partial charge >= 0.3 is 5.97 Å². The SMILES string of the molecule is CCOC(=O)CNC(=O)[C@H](c1ccc(OCC)cc1)N(C(=O)c1snc(C(N)=O)c1N)c1ccc(OC)cc1. The number of aromatic nitrogens is 1. The van der Waals surface area contributed by atoms with Crippen molar-refractivity contribution in [3.05, 3.63) is 64.7 Å². The number of methoxy groups -OCH3 is 1. The number of primary amides is 1. The number of nitrogens with zero attached hydrogens (tertiary/aromatic N) is 2. The van der Waals surface area contributed by atoms with Crippen LogP contribution in [0.25, 0.3) is 0 Å². The number of hydrogen-bond donors (Lipinski definition) is 3. The van der Waals surface area contributed by atoms with Gasteiger partial charge in [-0.1, -0.05) is 12.1 Å². The van der Waals surface area contributed by atoms with Crippen molar-refractivity contribution in [1.29, 1.82) is 0 Å². The number of nitrogens with two attached hydrogens (primary N) is 2. The van der Waals surface area contributed by atoms with E-state index in [4.69, 9.17) is 25.7 Å². The van der Waals surface area contributed by atoms with E-state index in [0.717, 1.165) is 0 Å². The number of ether oxygens (including phenoxy) is 3. The van der Waals surface area contributed by atoms with Gasteiger partial charge in [0.05, 0.1) is 26.0 Å². The van der Waals surface area contributed by atoms with Gasteiger partial charge in [-0.15, -0.1) is 0 Å². The van der Waals surface area contributed by atoms with Crippen molar-refractivity contribution in [3.8, 4) is 11.5 Å². The predicted molar refractivity (Wildman–Crippen MR) is 145 cm³/mol. The Hall–Kier alpha value is -4.65. The van der Waals surface area contributed by atoms with Crippen LogP contribution in [0.5, 0.6) is 11.5 Å². The number of hydrogen-bond acceptors (Lipinski definition) is 10. The summed E-state index contributed by atoms with van der Waals surface area (Å²) in [5.74, 6) is -1.84. The molecule has 1 heterocycles. The lowest BCUT2D eigenvalue weighted by atomic mass is 10.0. The highest BCUT2D eigenvalue weighted by Crippen LogP contribution is 2.34. The van der Waals surface area contributed by atoms with E-state index < -0.39 is 36.3 Å². The van der Waals surface area contributed by atoms with E-state index in [1.54, 1.807) is 55.5 Å². The summed E-state index contributed by atoms with van der Waals surface area (Å²) in [6.45, 7) is 3.64. The van der Waals surface area contributed by atoms with Crippen LogP contribution < -0.4 is 31.2 Å². The third-order valence-electron chi connectivity index (χ3n) is 5.45. The van der Waals surface area contributed by atoms with Crippen LogP contribution in [-0.2, 0) is 14.3 Å². The molecule has 0 saturated heterocycles. The normalized spacial score (nSPS) is 11.3. The molecule has 39 heavy (non-hydrogen) atoms. The Balaban J connectivity index is 2.15. The lowest BCUT2D eigenvalue weighted by molar-refractivity contribution is -0.143. The Labute approximate surface area is 229 Å². The smallest absolute Gasteiger partial charge is 0.325 e. The molecular weight excluding hydrogens is 526 g/mol. The van der Waals surface area contributed by atoms with Crippen LogP contribution in [0.4, 0.5) is 11.4 Å². The molecule has 3 aromatic rings. The summed E-state index contributed by atoms with van der Waals surface area (Å²) < 4.78 is 19.6. The van der Waals surface area contributed by atoms with E-state index in [0.29, 0.717) is 40.9 Å². The number of carbonyl (C=O) groups excluding carboxylic acids is 4. The maximum Gasteiger partial charge on any atom is 0.325 e. The molecule has 12 nitrogen and oxygen atoms in total. The van der Waals surface area contributed by atoms with Crippen molar-refractivity contribution in [2.75, 3.05) is 37.5 Å². The van der Waals surface area contributed by atoms with E-state index in [9.17, 15) is 19.2 Å². The maximum absolute atomic E-state index is 14.0. The van der Waals surface area contributed by atoms with Crippen molar-refractivity contribution in [3.63, 3.8) is 0 Å². The van der Waals surface area contributed by atoms with Gasteiger partial charge in [0.1, 0.15) is 29.0 Å². The van der Waals surface area contributed by atoms with Crippen molar-refractivity contribution < 1.29 is 33.4 Å². The topological polar surface area (TPSA) is 176 Å². The second kappa shape index (κ2) is 13.2. The predicted octanol–water partition coefficient (Wildman–Crippen LogP) is 2.30. The Bertz CT molecular complexity index is 1330. The largest absolute Gasteiger partial charge is 0.497 e. The lowest BCUT2D eigenvalue weighted by Gasteiger charge is -2.31. The Morgan fingerprint density at radius 1 is 1.00 bits per heavy atom. The summed E-state index contributed by atoms with van der Waals surface area (Å²) in [5, 5.41) is 2.54. The Morgan fingerprint density at radius 2 is 1.64 bits per heavy atom. The second-order valence-corrected chi connectivity index (χ2v) is 8.71. The van der Waals surface area contributed by atoms with Gasteiger partial charge in [-0.2, -0.15) is 4.37 Å². The summed E-state index contributed by atoms with van der Waals surface area (Å²) in [7, 11) is 1.49. The molecule has 13 heteroatoms. The van der Waals surface area contributed by atoms with Gasteiger partial charge < -0.3 is 31.0 Å². The number of esters is 1. The number of rotatable bonds is 12. The first-order valence-corrected chi connectivity index (χ1v) is 12.7. The molecule has 5 N–H and O–H groups in total. The molecule has 0 aliphatic rings. The van der Waals surface area contributed by atoms with Crippen molar-refractivity contribution >= 4 is 46.6 Å². The molecule has 206 valence electrons. The first-order chi connectivity index (χ1) is 18.7. The summed E-state index contributed by atoms with van der Waals surface area (Å²) >= 11 is 0.684. The molecule has 2 aromatic carbocycles. The average molecular weight is 556 g/mol. The maximum atomic E-state index is 14.0. The van der Waals surface area contributed by atoms with Crippen LogP contribution in [-0.4, -0.2) is 54.9 Å². The molecule has 0 radical (unpaired) electrons. The Kier molecular flexibility index (Phi) is 9.81. The summed E-state index contributed by atoms with van der Waals surface area (Å²) in [4.78, 5) is 52.5.